The normalized spacial score (nSPS) is 13.4. The summed E-state index contributed by atoms with van der Waals surface area (Å²) in [7, 11) is 1.64. The number of hydrogen-bond acceptors (Lipinski definition) is 2. The zero-order chi connectivity index (χ0) is 7.40. The lowest BCUT2D eigenvalue weighted by Crippen LogP contribution is -2.16. The quantitative estimate of drug-likeness (QED) is 0.648. The molecule has 1 rings (SSSR count). The Morgan fingerprint density at radius 3 is 3.10 bits per heavy atom. The van der Waals surface area contributed by atoms with Crippen LogP contribution in [0.3, 0.4) is 0 Å². The van der Waals surface area contributed by atoms with Crippen LogP contribution < -0.4 is 5.73 Å². The van der Waals surface area contributed by atoms with Crippen molar-refractivity contribution < 1.29 is 4.74 Å². The van der Waals surface area contributed by atoms with Gasteiger partial charge in [0, 0.05) is 19.0 Å². The molecule has 0 fully saturated rings. The molecule has 56 valence electrons. The van der Waals surface area contributed by atoms with Crippen LogP contribution in [0.15, 0.2) is 18.3 Å². The average Bonchev–Trinajstić information content (AvgIpc) is 2.38. The molecule has 0 aromatic carbocycles. The van der Waals surface area contributed by atoms with Crippen molar-refractivity contribution in [3.05, 3.63) is 24.0 Å². The predicted octanol–water partition coefficient (Wildman–Crippen LogP) is 0.661. The van der Waals surface area contributed by atoms with Gasteiger partial charge >= 0.3 is 0 Å². The molecule has 1 atom stereocenters. The summed E-state index contributed by atoms with van der Waals surface area (Å²) < 4.78 is 4.88. The summed E-state index contributed by atoms with van der Waals surface area (Å²) in [6.45, 7) is 0.556. The van der Waals surface area contributed by atoms with E-state index in [-0.39, 0.29) is 6.04 Å². The molecule has 0 aliphatic heterocycles. The second-order valence-electron chi connectivity index (χ2n) is 2.19. The van der Waals surface area contributed by atoms with Crippen LogP contribution in [0.2, 0.25) is 0 Å². The van der Waals surface area contributed by atoms with Crippen LogP contribution in [0.1, 0.15) is 11.7 Å². The third kappa shape index (κ3) is 1.59. The van der Waals surface area contributed by atoms with Gasteiger partial charge in [-0.2, -0.15) is 0 Å². The van der Waals surface area contributed by atoms with Gasteiger partial charge in [-0.1, -0.05) is 0 Å². The monoisotopic (exact) mass is 140 g/mol. The van der Waals surface area contributed by atoms with Gasteiger partial charge < -0.3 is 15.5 Å². The Hall–Kier alpha value is -0.800. The molecule has 3 heteroatoms. The van der Waals surface area contributed by atoms with Crippen molar-refractivity contribution in [2.24, 2.45) is 5.73 Å². The highest BCUT2D eigenvalue weighted by molar-refractivity contribution is 5.08. The second-order valence-corrected chi connectivity index (χ2v) is 2.19. The molecule has 1 aromatic rings. The smallest absolute Gasteiger partial charge is 0.0685 e. The Labute approximate surface area is 60.2 Å². The molecule has 1 aromatic heterocycles. The van der Waals surface area contributed by atoms with Gasteiger partial charge in [0.05, 0.1) is 12.6 Å². The molecular weight excluding hydrogens is 128 g/mol. The standard InChI is InChI=1S/C7H12N2O/c1-10-5-6(8)7-3-2-4-9-7/h2-4,6,9H,5,8H2,1H3. The van der Waals surface area contributed by atoms with E-state index >= 15 is 0 Å². The Bertz CT molecular complexity index is 172. The summed E-state index contributed by atoms with van der Waals surface area (Å²) in [5, 5.41) is 0. The van der Waals surface area contributed by atoms with Crippen LogP contribution in [0.5, 0.6) is 0 Å². The fraction of sp³-hybridized carbons (Fsp3) is 0.429. The number of nitrogens with one attached hydrogen (secondary N) is 1. The van der Waals surface area contributed by atoms with Crippen molar-refractivity contribution in [3.63, 3.8) is 0 Å². The van der Waals surface area contributed by atoms with Crippen molar-refractivity contribution in [2.45, 2.75) is 6.04 Å². The van der Waals surface area contributed by atoms with Crippen molar-refractivity contribution in [3.8, 4) is 0 Å². The highest BCUT2D eigenvalue weighted by Crippen LogP contribution is 2.05. The summed E-state index contributed by atoms with van der Waals surface area (Å²) in [6.07, 6.45) is 1.85. The topological polar surface area (TPSA) is 51.0 Å². The summed E-state index contributed by atoms with van der Waals surface area (Å²) in [4.78, 5) is 3.02. The Morgan fingerprint density at radius 2 is 2.60 bits per heavy atom. The van der Waals surface area contributed by atoms with Crippen LogP contribution in [0, 0.1) is 0 Å². The third-order valence-corrected chi connectivity index (χ3v) is 1.37. The van der Waals surface area contributed by atoms with Crippen LogP contribution in [0.4, 0.5) is 0 Å². The molecule has 0 aliphatic carbocycles. The van der Waals surface area contributed by atoms with E-state index in [9.17, 15) is 0 Å². The van der Waals surface area contributed by atoms with Crippen molar-refractivity contribution in [1.29, 1.82) is 0 Å². The van der Waals surface area contributed by atoms with E-state index in [1.807, 2.05) is 18.3 Å². The molecule has 3 nitrogen and oxygen atoms in total. The van der Waals surface area contributed by atoms with Crippen molar-refractivity contribution in [1.82, 2.24) is 4.98 Å². The van der Waals surface area contributed by atoms with E-state index in [1.165, 1.54) is 0 Å². The fourth-order valence-electron chi connectivity index (χ4n) is 0.844. The molecular formula is C7H12N2O. The summed E-state index contributed by atoms with van der Waals surface area (Å²) in [6, 6.07) is 3.84. The van der Waals surface area contributed by atoms with Crippen molar-refractivity contribution in [2.75, 3.05) is 13.7 Å². The molecule has 0 bridgehead atoms. The SMILES string of the molecule is COCC(N)c1ccc[nH]1. The Kier molecular flexibility index (Phi) is 2.48. The number of aromatic nitrogens is 1. The van der Waals surface area contributed by atoms with E-state index in [4.69, 9.17) is 10.5 Å². The molecule has 0 radical (unpaired) electrons. The summed E-state index contributed by atoms with van der Waals surface area (Å²) in [5.74, 6) is 0. The van der Waals surface area contributed by atoms with Gasteiger partial charge in [0.25, 0.3) is 0 Å². The molecule has 0 amide bonds. The number of hydrogen-bond donors (Lipinski definition) is 2. The molecule has 3 N–H and O–H groups in total. The number of aromatic amines is 1. The third-order valence-electron chi connectivity index (χ3n) is 1.37. The minimum Gasteiger partial charge on any atom is -0.383 e. The highest BCUT2D eigenvalue weighted by atomic mass is 16.5. The van der Waals surface area contributed by atoms with E-state index in [1.54, 1.807) is 7.11 Å². The largest absolute Gasteiger partial charge is 0.383 e. The highest BCUT2D eigenvalue weighted by Gasteiger charge is 2.03. The lowest BCUT2D eigenvalue weighted by Gasteiger charge is -2.06. The maximum absolute atomic E-state index is 5.69. The van der Waals surface area contributed by atoms with E-state index in [0.29, 0.717) is 6.61 Å². The van der Waals surface area contributed by atoms with E-state index < -0.39 is 0 Å². The van der Waals surface area contributed by atoms with Gasteiger partial charge in [0.1, 0.15) is 0 Å². The fourth-order valence-corrected chi connectivity index (χ4v) is 0.844. The number of ether oxygens (including phenoxy) is 1. The second kappa shape index (κ2) is 3.39. The van der Waals surface area contributed by atoms with Crippen LogP contribution in [0.25, 0.3) is 0 Å². The molecule has 0 spiro atoms. The van der Waals surface area contributed by atoms with E-state index in [0.717, 1.165) is 5.69 Å². The number of H-pyrrole nitrogens is 1. The van der Waals surface area contributed by atoms with Gasteiger partial charge in [-0.15, -0.1) is 0 Å². The minimum absolute atomic E-state index is 0.0278. The van der Waals surface area contributed by atoms with Gasteiger partial charge in [-0.3, -0.25) is 0 Å². The van der Waals surface area contributed by atoms with Gasteiger partial charge in [-0.05, 0) is 12.1 Å². The first kappa shape index (κ1) is 7.31. The lowest BCUT2D eigenvalue weighted by molar-refractivity contribution is 0.180. The zero-order valence-corrected chi connectivity index (χ0v) is 6.00. The first-order valence-corrected chi connectivity index (χ1v) is 3.22. The average molecular weight is 140 g/mol. The lowest BCUT2D eigenvalue weighted by atomic mass is 10.2. The van der Waals surface area contributed by atoms with Gasteiger partial charge in [0.2, 0.25) is 0 Å². The number of methoxy groups -OCH3 is 1. The molecule has 0 saturated heterocycles. The maximum atomic E-state index is 5.69. The molecule has 1 unspecified atom stereocenters. The summed E-state index contributed by atoms with van der Waals surface area (Å²) >= 11 is 0. The molecule has 0 aliphatic rings. The van der Waals surface area contributed by atoms with Crippen molar-refractivity contribution >= 4 is 0 Å². The predicted molar refractivity (Wildman–Crippen MR) is 39.6 cm³/mol. The number of rotatable bonds is 3. The van der Waals surface area contributed by atoms with Gasteiger partial charge in [-0.25, -0.2) is 0 Å². The first-order valence-electron chi connectivity index (χ1n) is 3.22. The van der Waals surface area contributed by atoms with Gasteiger partial charge in [0.15, 0.2) is 0 Å². The summed E-state index contributed by atoms with van der Waals surface area (Å²) in [5.41, 5.74) is 6.71. The van der Waals surface area contributed by atoms with Crippen LogP contribution in [-0.2, 0) is 4.74 Å². The van der Waals surface area contributed by atoms with Crippen LogP contribution >= 0.6 is 0 Å². The zero-order valence-electron chi connectivity index (χ0n) is 6.00. The molecule has 1 heterocycles. The Balaban J connectivity index is 2.50. The molecule has 10 heavy (non-hydrogen) atoms. The maximum Gasteiger partial charge on any atom is 0.0685 e. The first-order chi connectivity index (χ1) is 4.84. The minimum atomic E-state index is -0.0278. The Morgan fingerprint density at radius 1 is 1.80 bits per heavy atom. The number of nitrogens with two attached hydrogens (primary N) is 1. The molecule has 0 saturated carbocycles. The van der Waals surface area contributed by atoms with Crippen LogP contribution in [-0.4, -0.2) is 18.7 Å². The van der Waals surface area contributed by atoms with E-state index in [2.05, 4.69) is 4.98 Å².